The summed E-state index contributed by atoms with van der Waals surface area (Å²) in [4.78, 5) is 4.53. The molecule has 0 bridgehead atoms. The SMILES string of the molecule is Cc1ccc(N=Cc2cccc(-c3ccccc3)c2)cc1. The Morgan fingerprint density at radius 3 is 2.19 bits per heavy atom. The lowest BCUT2D eigenvalue weighted by molar-refractivity contribution is 1.44. The fourth-order valence-corrected chi connectivity index (χ4v) is 2.21. The standard InChI is InChI=1S/C20H17N/c1-16-10-12-20(13-11-16)21-15-17-6-5-9-19(14-17)18-7-3-2-4-8-18/h2-15H,1H3. The molecular formula is C20H17N. The van der Waals surface area contributed by atoms with Crippen molar-refractivity contribution in [3.8, 4) is 11.1 Å². The lowest BCUT2D eigenvalue weighted by Crippen LogP contribution is -1.83. The molecule has 0 heterocycles. The van der Waals surface area contributed by atoms with Crippen LogP contribution in [0.5, 0.6) is 0 Å². The quantitative estimate of drug-likeness (QED) is 0.564. The Labute approximate surface area is 125 Å². The first-order valence-electron chi connectivity index (χ1n) is 7.07. The van der Waals surface area contributed by atoms with Gasteiger partial charge in [-0.15, -0.1) is 0 Å². The molecule has 21 heavy (non-hydrogen) atoms. The fraction of sp³-hybridized carbons (Fsp3) is 0.0500. The van der Waals surface area contributed by atoms with E-state index < -0.39 is 0 Å². The molecule has 0 aliphatic heterocycles. The van der Waals surface area contributed by atoms with Crippen LogP contribution < -0.4 is 0 Å². The van der Waals surface area contributed by atoms with Crippen LogP contribution in [0.3, 0.4) is 0 Å². The third-order valence-corrected chi connectivity index (χ3v) is 3.39. The number of rotatable bonds is 3. The van der Waals surface area contributed by atoms with Crippen LogP contribution in [0.4, 0.5) is 5.69 Å². The minimum Gasteiger partial charge on any atom is -0.256 e. The van der Waals surface area contributed by atoms with Crippen LogP contribution in [-0.4, -0.2) is 6.21 Å². The molecule has 1 heteroatoms. The first kappa shape index (κ1) is 13.3. The average molecular weight is 271 g/mol. The second-order valence-corrected chi connectivity index (χ2v) is 5.09. The maximum Gasteiger partial charge on any atom is 0.0630 e. The second-order valence-electron chi connectivity index (χ2n) is 5.09. The summed E-state index contributed by atoms with van der Waals surface area (Å²) in [6.45, 7) is 2.08. The van der Waals surface area contributed by atoms with Gasteiger partial charge in [-0.1, -0.05) is 66.2 Å². The van der Waals surface area contributed by atoms with Gasteiger partial charge >= 0.3 is 0 Å². The van der Waals surface area contributed by atoms with Gasteiger partial charge in [-0.05, 0) is 41.8 Å². The molecule has 3 rings (SSSR count). The molecule has 0 fully saturated rings. The molecule has 0 unspecified atom stereocenters. The van der Waals surface area contributed by atoms with Gasteiger partial charge in [0, 0.05) is 6.21 Å². The minimum atomic E-state index is 0.978. The summed E-state index contributed by atoms with van der Waals surface area (Å²) < 4.78 is 0. The molecule has 0 aromatic heterocycles. The molecule has 0 saturated heterocycles. The minimum absolute atomic E-state index is 0.978. The van der Waals surface area contributed by atoms with Gasteiger partial charge in [0.2, 0.25) is 0 Å². The van der Waals surface area contributed by atoms with Crippen molar-refractivity contribution in [1.82, 2.24) is 0 Å². The zero-order valence-electron chi connectivity index (χ0n) is 12.0. The Balaban J connectivity index is 1.85. The van der Waals surface area contributed by atoms with Crippen LogP contribution >= 0.6 is 0 Å². The van der Waals surface area contributed by atoms with Gasteiger partial charge in [0.1, 0.15) is 0 Å². The van der Waals surface area contributed by atoms with E-state index in [1.165, 1.54) is 16.7 Å². The van der Waals surface area contributed by atoms with Gasteiger partial charge in [0.15, 0.2) is 0 Å². The van der Waals surface area contributed by atoms with E-state index in [1.807, 2.05) is 24.4 Å². The predicted molar refractivity (Wildman–Crippen MR) is 90.3 cm³/mol. The monoisotopic (exact) mass is 271 g/mol. The van der Waals surface area contributed by atoms with Crippen molar-refractivity contribution in [3.63, 3.8) is 0 Å². The number of hydrogen-bond donors (Lipinski definition) is 0. The van der Waals surface area contributed by atoms with Crippen LogP contribution in [0.15, 0.2) is 83.9 Å². The van der Waals surface area contributed by atoms with E-state index in [4.69, 9.17) is 0 Å². The zero-order valence-corrected chi connectivity index (χ0v) is 12.0. The zero-order chi connectivity index (χ0) is 14.5. The van der Waals surface area contributed by atoms with Crippen molar-refractivity contribution in [2.75, 3.05) is 0 Å². The Hall–Kier alpha value is -2.67. The number of hydrogen-bond acceptors (Lipinski definition) is 1. The van der Waals surface area contributed by atoms with Crippen LogP contribution in [-0.2, 0) is 0 Å². The molecule has 0 spiro atoms. The summed E-state index contributed by atoms with van der Waals surface area (Å²) in [5, 5.41) is 0. The second kappa shape index (κ2) is 6.19. The van der Waals surface area contributed by atoms with Crippen LogP contribution in [0.2, 0.25) is 0 Å². The highest BCUT2D eigenvalue weighted by Gasteiger charge is 1.97. The highest BCUT2D eigenvalue weighted by atomic mass is 14.7. The molecule has 1 nitrogen and oxygen atoms in total. The first-order valence-corrected chi connectivity index (χ1v) is 7.07. The van der Waals surface area contributed by atoms with Crippen molar-refractivity contribution in [2.24, 2.45) is 4.99 Å². The Morgan fingerprint density at radius 2 is 1.43 bits per heavy atom. The highest BCUT2D eigenvalue weighted by molar-refractivity contribution is 5.84. The summed E-state index contributed by atoms with van der Waals surface area (Å²) in [6.07, 6.45) is 1.91. The highest BCUT2D eigenvalue weighted by Crippen LogP contribution is 2.20. The molecule has 102 valence electrons. The van der Waals surface area contributed by atoms with Gasteiger partial charge in [-0.2, -0.15) is 0 Å². The molecule has 0 saturated carbocycles. The molecule has 0 amide bonds. The molecule has 0 aliphatic carbocycles. The summed E-state index contributed by atoms with van der Waals surface area (Å²) in [5.74, 6) is 0. The summed E-state index contributed by atoms with van der Waals surface area (Å²) >= 11 is 0. The van der Waals surface area contributed by atoms with Crippen molar-refractivity contribution in [2.45, 2.75) is 6.92 Å². The Bertz CT molecular complexity index is 740. The third-order valence-electron chi connectivity index (χ3n) is 3.39. The molecule has 0 aliphatic rings. The van der Waals surface area contributed by atoms with E-state index in [1.54, 1.807) is 0 Å². The van der Waals surface area contributed by atoms with E-state index in [-0.39, 0.29) is 0 Å². The smallest absolute Gasteiger partial charge is 0.0630 e. The van der Waals surface area contributed by atoms with Crippen LogP contribution in [0.1, 0.15) is 11.1 Å². The largest absolute Gasteiger partial charge is 0.256 e. The van der Waals surface area contributed by atoms with Gasteiger partial charge < -0.3 is 0 Å². The maximum atomic E-state index is 4.53. The average Bonchev–Trinajstić information content (AvgIpc) is 2.55. The van der Waals surface area contributed by atoms with Crippen molar-refractivity contribution in [3.05, 3.63) is 90.0 Å². The first-order chi connectivity index (χ1) is 10.3. The summed E-state index contributed by atoms with van der Waals surface area (Å²) in [7, 11) is 0. The molecule has 3 aromatic rings. The topological polar surface area (TPSA) is 12.4 Å². The third kappa shape index (κ3) is 3.46. The molecule has 0 atom stereocenters. The predicted octanol–water partition coefficient (Wildman–Crippen LogP) is 5.41. The number of aliphatic imine (C=N–C) groups is 1. The molecule has 0 radical (unpaired) electrons. The number of benzene rings is 3. The lowest BCUT2D eigenvalue weighted by Gasteiger charge is -2.02. The van der Waals surface area contributed by atoms with Crippen molar-refractivity contribution < 1.29 is 0 Å². The Morgan fingerprint density at radius 1 is 0.714 bits per heavy atom. The molecule has 0 N–H and O–H groups in total. The summed E-state index contributed by atoms with van der Waals surface area (Å²) in [5.41, 5.74) is 5.77. The Kier molecular flexibility index (Phi) is 3.92. The van der Waals surface area contributed by atoms with Crippen LogP contribution in [0, 0.1) is 6.92 Å². The number of aryl methyl sites for hydroxylation is 1. The molecular weight excluding hydrogens is 254 g/mol. The van der Waals surface area contributed by atoms with E-state index in [0.717, 1.165) is 11.3 Å². The lowest BCUT2D eigenvalue weighted by atomic mass is 10.0. The van der Waals surface area contributed by atoms with Gasteiger partial charge in [0.25, 0.3) is 0 Å². The summed E-state index contributed by atoms with van der Waals surface area (Å²) in [6, 6.07) is 27.0. The van der Waals surface area contributed by atoms with E-state index in [0.29, 0.717) is 0 Å². The van der Waals surface area contributed by atoms with Gasteiger partial charge in [0.05, 0.1) is 5.69 Å². The van der Waals surface area contributed by atoms with Gasteiger partial charge in [-0.3, -0.25) is 4.99 Å². The van der Waals surface area contributed by atoms with Crippen LogP contribution in [0.25, 0.3) is 11.1 Å². The van der Waals surface area contributed by atoms with E-state index in [2.05, 4.69) is 72.6 Å². The van der Waals surface area contributed by atoms with Crippen molar-refractivity contribution in [1.29, 1.82) is 0 Å². The van der Waals surface area contributed by atoms with Crippen molar-refractivity contribution >= 4 is 11.9 Å². The normalized spacial score (nSPS) is 10.9. The number of nitrogens with zero attached hydrogens (tertiary/aromatic N) is 1. The fourth-order valence-electron chi connectivity index (χ4n) is 2.21. The molecule has 3 aromatic carbocycles. The van der Waals surface area contributed by atoms with E-state index >= 15 is 0 Å². The van der Waals surface area contributed by atoms with Gasteiger partial charge in [-0.25, -0.2) is 0 Å². The van der Waals surface area contributed by atoms with E-state index in [9.17, 15) is 0 Å². The maximum absolute atomic E-state index is 4.53.